The summed E-state index contributed by atoms with van der Waals surface area (Å²) in [5.41, 5.74) is -1.83. The molecule has 28 heavy (non-hydrogen) atoms. The highest BCUT2D eigenvalue weighted by molar-refractivity contribution is 6.02. The van der Waals surface area contributed by atoms with Gasteiger partial charge in [0.05, 0.1) is 5.60 Å². The molecule has 0 saturated heterocycles. The van der Waals surface area contributed by atoms with E-state index < -0.39 is 23.1 Å². The smallest absolute Gasteiger partial charge is 0.348 e. The number of carboxylic acid groups (broad SMARTS) is 2. The second-order valence-electron chi connectivity index (χ2n) is 7.54. The van der Waals surface area contributed by atoms with E-state index in [-0.39, 0.29) is 12.0 Å². The van der Waals surface area contributed by atoms with E-state index in [0.29, 0.717) is 23.2 Å². The first-order chi connectivity index (χ1) is 13.0. The Morgan fingerprint density at radius 1 is 1.04 bits per heavy atom. The summed E-state index contributed by atoms with van der Waals surface area (Å²) in [4.78, 5) is 36.0. The van der Waals surface area contributed by atoms with Crippen molar-refractivity contribution in [3.8, 4) is 11.1 Å². The third kappa shape index (κ3) is 4.48. The van der Waals surface area contributed by atoms with Crippen molar-refractivity contribution >= 4 is 11.9 Å². The summed E-state index contributed by atoms with van der Waals surface area (Å²) in [6.45, 7) is 7.23. The van der Waals surface area contributed by atoms with Crippen LogP contribution in [0.3, 0.4) is 0 Å². The maximum absolute atomic E-state index is 12.4. The Bertz CT molecular complexity index is 907. The maximum Gasteiger partial charge on any atom is 0.348 e. The SMILES string of the molecule is CCn1cccc(-c2ccc(CC(OC(C)(C)C)(C(=O)O)C(=O)O)cc2)c1=O. The molecule has 2 aromatic rings. The van der Waals surface area contributed by atoms with Crippen molar-refractivity contribution in [2.24, 2.45) is 0 Å². The minimum Gasteiger partial charge on any atom is -0.479 e. The molecule has 2 N–H and O–H groups in total. The fourth-order valence-electron chi connectivity index (χ4n) is 2.98. The molecule has 0 radical (unpaired) electrons. The van der Waals surface area contributed by atoms with Crippen LogP contribution in [0.1, 0.15) is 33.3 Å². The number of nitrogens with zero attached hydrogens (tertiary/aromatic N) is 1. The van der Waals surface area contributed by atoms with Crippen molar-refractivity contribution in [3.63, 3.8) is 0 Å². The zero-order valence-corrected chi connectivity index (χ0v) is 16.4. The highest BCUT2D eigenvalue weighted by Gasteiger charge is 2.50. The number of carbonyl (C=O) groups is 2. The lowest BCUT2D eigenvalue weighted by Crippen LogP contribution is -2.54. The summed E-state index contributed by atoms with van der Waals surface area (Å²) in [5, 5.41) is 19.2. The van der Waals surface area contributed by atoms with Gasteiger partial charge in [0.1, 0.15) is 0 Å². The molecule has 0 atom stereocenters. The highest BCUT2D eigenvalue weighted by atomic mass is 16.6. The van der Waals surface area contributed by atoms with E-state index >= 15 is 0 Å². The Morgan fingerprint density at radius 3 is 2.07 bits per heavy atom. The van der Waals surface area contributed by atoms with Crippen LogP contribution < -0.4 is 5.56 Å². The first kappa shape index (κ1) is 21.4. The van der Waals surface area contributed by atoms with E-state index in [0.717, 1.165) is 0 Å². The van der Waals surface area contributed by atoms with Crippen molar-refractivity contribution in [3.05, 3.63) is 58.5 Å². The van der Waals surface area contributed by atoms with Gasteiger partial charge in [-0.05, 0) is 51.0 Å². The number of pyridine rings is 1. The third-order valence-corrected chi connectivity index (χ3v) is 4.25. The van der Waals surface area contributed by atoms with E-state index in [1.54, 1.807) is 67.9 Å². The highest BCUT2D eigenvalue weighted by Crippen LogP contribution is 2.27. The Morgan fingerprint density at radius 2 is 1.61 bits per heavy atom. The lowest BCUT2D eigenvalue weighted by atomic mass is 9.92. The topological polar surface area (TPSA) is 106 Å². The molecule has 7 nitrogen and oxygen atoms in total. The number of aryl methyl sites for hydroxylation is 1. The summed E-state index contributed by atoms with van der Waals surface area (Å²) in [5.74, 6) is -3.12. The molecule has 0 spiro atoms. The lowest BCUT2D eigenvalue weighted by Gasteiger charge is -2.33. The summed E-state index contributed by atoms with van der Waals surface area (Å²) in [6, 6.07) is 10.1. The lowest BCUT2D eigenvalue weighted by molar-refractivity contribution is -0.199. The number of benzene rings is 1. The van der Waals surface area contributed by atoms with Crippen LogP contribution in [-0.2, 0) is 27.3 Å². The van der Waals surface area contributed by atoms with E-state index in [9.17, 15) is 24.6 Å². The molecule has 0 saturated carbocycles. The predicted octanol–water partition coefficient (Wildman–Crippen LogP) is 2.80. The normalized spacial score (nSPS) is 12.0. The van der Waals surface area contributed by atoms with Gasteiger partial charge in [0.25, 0.3) is 11.2 Å². The molecule has 0 aliphatic rings. The fraction of sp³-hybridized carbons (Fsp3) is 0.381. The molecule has 0 aliphatic heterocycles. The van der Waals surface area contributed by atoms with Crippen LogP contribution in [0, 0.1) is 0 Å². The summed E-state index contributed by atoms with van der Waals surface area (Å²) < 4.78 is 7.05. The molecule has 1 aromatic carbocycles. The van der Waals surface area contributed by atoms with Gasteiger partial charge in [0.2, 0.25) is 0 Å². The van der Waals surface area contributed by atoms with Gasteiger partial charge in [-0.2, -0.15) is 0 Å². The van der Waals surface area contributed by atoms with Crippen molar-refractivity contribution in [1.29, 1.82) is 0 Å². The van der Waals surface area contributed by atoms with Gasteiger partial charge < -0.3 is 19.5 Å². The number of ether oxygens (including phenoxy) is 1. The Labute approximate surface area is 163 Å². The number of aromatic nitrogens is 1. The summed E-state index contributed by atoms with van der Waals surface area (Å²) in [6.07, 6.45) is 1.36. The number of carboxylic acids is 2. The second-order valence-corrected chi connectivity index (χ2v) is 7.54. The molecule has 1 aromatic heterocycles. The van der Waals surface area contributed by atoms with Crippen LogP contribution in [0.4, 0.5) is 0 Å². The Hall–Kier alpha value is -2.93. The summed E-state index contributed by atoms with van der Waals surface area (Å²) >= 11 is 0. The van der Waals surface area contributed by atoms with Crippen molar-refractivity contribution in [2.75, 3.05) is 0 Å². The molecule has 150 valence electrons. The number of hydrogen-bond donors (Lipinski definition) is 2. The largest absolute Gasteiger partial charge is 0.479 e. The van der Waals surface area contributed by atoms with Crippen LogP contribution in [0.15, 0.2) is 47.4 Å². The van der Waals surface area contributed by atoms with Crippen molar-refractivity contribution < 1.29 is 24.5 Å². The van der Waals surface area contributed by atoms with E-state index in [1.807, 2.05) is 6.92 Å². The van der Waals surface area contributed by atoms with E-state index in [1.165, 1.54) is 0 Å². The van der Waals surface area contributed by atoms with E-state index in [4.69, 9.17) is 4.74 Å². The first-order valence-corrected chi connectivity index (χ1v) is 8.96. The van der Waals surface area contributed by atoms with Crippen LogP contribution >= 0.6 is 0 Å². The monoisotopic (exact) mass is 387 g/mol. The molecule has 1 heterocycles. The maximum atomic E-state index is 12.4. The van der Waals surface area contributed by atoms with Crippen LogP contribution in [0.5, 0.6) is 0 Å². The molecule has 2 rings (SSSR count). The molecule has 0 amide bonds. The second kappa shape index (κ2) is 7.98. The minimum atomic E-state index is -2.40. The standard InChI is InChI=1S/C21H25NO6/c1-5-22-12-6-7-16(17(22)23)15-10-8-14(9-11-15)13-21(18(24)25,19(26)27)28-20(2,3)4/h6-12H,5,13H2,1-4H3,(H,24,25)(H,26,27). The van der Waals surface area contributed by atoms with Gasteiger partial charge in [0, 0.05) is 24.7 Å². The van der Waals surface area contributed by atoms with Crippen LogP contribution in [0.2, 0.25) is 0 Å². The zero-order chi connectivity index (χ0) is 21.1. The van der Waals surface area contributed by atoms with Gasteiger partial charge in [-0.25, -0.2) is 9.59 Å². The molecular weight excluding hydrogens is 362 g/mol. The number of aliphatic carboxylic acids is 2. The van der Waals surface area contributed by atoms with Gasteiger partial charge in [0.15, 0.2) is 0 Å². The molecular formula is C21H25NO6. The number of rotatable bonds is 7. The molecule has 0 aliphatic carbocycles. The predicted molar refractivity (Wildman–Crippen MR) is 104 cm³/mol. The average Bonchev–Trinajstić information content (AvgIpc) is 2.60. The molecule has 0 bridgehead atoms. The van der Waals surface area contributed by atoms with Gasteiger partial charge in [-0.15, -0.1) is 0 Å². The van der Waals surface area contributed by atoms with Crippen molar-refractivity contribution in [1.82, 2.24) is 4.57 Å². The number of hydrogen-bond acceptors (Lipinski definition) is 4. The first-order valence-electron chi connectivity index (χ1n) is 8.96. The van der Waals surface area contributed by atoms with Gasteiger partial charge in [-0.1, -0.05) is 24.3 Å². The van der Waals surface area contributed by atoms with Crippen LogP contribution in [-0.4, -0.2) is 37.9 Å². The van der Waals surface area contributed by atoms with Crippen molar-refractivity contribution in [2.45, 2.75) is 51.9 Å². The fourth-order valence-corrected chi connectivity index (χ4v) is 2.98. The van der Waals surface area contributed by atoms with Gasteiger partial charge >= 0.3 is 11.9 Å². The Kier molecular flexibility index (Phi) is 6.09. The molecule has 0 unspecified atom stereocenters. The average molecular weight is 387 g/mol. The molecule has 7 heteroatoms. The minimum absolute atomic E-state index is 0.126. The zero-order valence-electron chi connectivity index (χ0n) is 16.4. The third-order valence-electron chi connectivity index (χ3n) is 4.25. The molecule has 0 fully saturated rings. The quantitative estimate of drug-likeness (QED) is 0.708. The van der Waals surface area contributed by atoms with Crippen LogP contribution in [0.25, 0.3) is 11.1 Å². The Balaban J connectivity index is 2.40. The van der Waals surface area contributed by atoms with E-state index in [2.05, 4.69) is 0 Å². The summed E-state index contributed by atoms with van der Waals surface area (Å²) in [7, 11) is 0. The van der Waals surface area contributed by atoms with Gasteiger partial charge in [-0.3, -0.25) is 4.79 Å².